The van der Waals surface area contributed by atoms with Gasteiger partial charge in [0.05, 0.1) is 7.11 Å². The third kappa shape index (κ3) is 3.44. The number of amides is 1. The van der Waals surface area contributed by atoms with Gasteiger partial charge in [0.2, 0.25) is 0 Å². The van der Waals surface area contributed by atoms with Crippen LogP contribution in [0.3, 0.4) is 0 Å². The van der Waals surface area contributed by atoms with E-state index in [1.54, 1.807) is 49.6 Å². The second kappa shape index (κ2) is 6.64. The summed E-state index contributed by atoms with van der Waals surface area (Å²) in [5, 5.41) is 3.86. The smallest absolute Gasteiger partial charge is 0.251 e. The lowest BCUT2D eigenvalue weighted by Gasteiger charge is -2.09. The second-order valence-electron chi connectivity index (χ2n) is 4.11. The van der Waals surface area contributed by atoms with Crippen molar-refractivity contribution in [2.45, 2.75) is 6.54 Å². The summed E-state index contributed by atoms with van der Waals surface area (Å²) in [5.74, 6) is 0.513. The molecule has 0 atom stereocenters. The quantitative estimate of drug-likeness (QED) is 0.929. The van der Waals surface area contributed by atoms with Gasteiger partial charge in [-0.3, -0.25) is 4.79 Å². The van der Waals surface area contributed by atoms with Gasteiger partial charge in [0, 0.05) is 27.7 Å². The molecule has 2 aromatic rings. The standard InChI is InChI=1S/C15H13Cl2NO2/c1-20-11-7-5-10(6-8-11)15(19)18-9-12-13(16)3-2-4-14(12)17/h2-8H,9H2,1H3,(H,18,19). The molecular weight excluding hydrogens is 297 g/mol. The first-order valence-corrected chi connectivity index (χ1v) is 6.72. The van der Waals surface area contributed by atoms with Gasteiger partial charge >= 0.3 is 0 Å². The molecule has 1 N–H and O–H groups in total. The first-order chi connectivity index (χ1) is 9.61. The van der Waals surface area contributed by atoms with Crippen molar-refractivity contribution in [3.8, 4) is 5.75 Å². The minimum atomic E-state index is -0.191. The van der Waals surface area contributed by atoms with Crippen LogP contribution in [0, 0.1) is 0 Å². The Labute approximate surface area is 127 Å². The fourth-order valence-corrected chi connectivity index (χ4v) is 2.25. The largest absolute Gasteiger partial charge is 0.497 e. The lowest BCUT2D eigenvalue weighted by molar-refractivity contribution is 0.0951. The van der Waals surface area contributed by atoms with E-state index in [4.69, 9.17) is 27.9 Å². The lowest BCUT2D eigenvalue weighted by Crippen LogP contribution is -2.23. The van der Waals surface area contributed by atoms with E-state index in [1.807, 2.05) is 0 Å². The molecule has 0 saturated carbocycles. The number of ether oxygens (including phenoxy) is 1. The summed E-state index contributed by atoms with van der Waals surface area (Å²) in [7, 11) is 1.58. The molecule has 0 spiro atoms. The summed E-state index contributed by atoms with van der Waals surface area (Å²) in [6.45, 7) is 0.281. The molecule has 104 valence electrons. The van der Waals surface area contributed by atoms with Crippen LogP contribution in [0.4, 0.5) is 0 Å². The maximum absolute atomic E-state index is 12.0. The van der Waals surface area contributed by atoms with Gasteiger partial charge in [-0.1, -0.05) is 29.3 Å². The van der Waals surface area contributed by atoms with E-state index in [1.165, 1.54) is 0 Å². The van der Waals surface area contributed by atoms with Crippen LogP contribution >= 0.6 is 23.2 Å². The lowest BCUT2D eigenvalue weighted by atomic mass is 10.2. The first-order valence-electron chi connectivity index (χ1n) is 5.97. The van der Waals surface area contributed by atoms with Crippen LogP contribution in [-0.2, 0) is 6.54 Å². The van der Waals surface area contributed by atoms with Crippen LogP contribution in [0.15, 0.2) is 42.5 Å². The molecule has 3 nitrogen and oxygen atoms in total. The Kier molecular flexibility index (Phi) is 4.88. The van der Waals surface area contributed by atoms with E-state index in [9.17, 15) is 4.79 Å². The second-order valence-corrected chi connectivity index (χ2v) is 4.93. The highest BCUT2D eigenvalue weighted by Gasteiger charge is 2.09. The van der Waals surface area contributed by atoms with E-state index >= 15 is 0 Å². The Balaban J connectivity index is 2.04. The molecule has 0 aliphatic rings. The normalized spacial score (nSPS) is 10.2. The molecule has 1 amide bonds. The molecule has 0 bridgehead atoms. The number of halogens is 2. The first kappa shape index (κ1) is 14.7. The summed E-state index contributed by atoms with van der Waals surface area (Å²) in [5.41, 5.74) is 1.26. The van der Waals surface area contributed by atoms with Crippen molar-refractivity contribution in [3.05, 3.63) is 63.6 Å². The van der Waals surface area contributed by atoms with Gasteiger partial charge in [-0.25, -0.2) is 0 Å². The summed E-state index contributed by atoms with van der Waals surface area (Å²) >= 11 is 12.1. The minimum Gasteiger partial charge on any atom is -0.497 e. The SMILES string of the molecule is COc1ccc(C(=O)NCc2c(Cl)cccc2Cl)cc1. The molecule has 5 heteroatoms. The molecule has 0 aliphatic carbocycles. The third-order valence-electron chi connectivity index (χ3n) is 2.84. The number of carbonyl (C=O) groups is 1. The minimum absolute atomic E-state index is 0.191. The number of carbonyl (C=O) groups excluding carboxylic acids is 1. The maximum atomic E-state index is 12.0. The van der Waals surface area contributed by atoms with Crippen molar-refractivity contribution in [3.63, 3.8) is 0 Å². The monoisotopic (exact) mass is 309 g/mol. The van der Waals surface area contributed by atoms with Crippen LogP contribution in [-0.4, -0.2) is 13.0 Å². The van der Waals surface area contributed by atoms with E-state index in [0.717, 1.165) is 0 Å². The summed E-state index contributed by atoms with van der Waals surface area (Å²) < 4.78 is 5.04. The predicted molar refractivity (Wildman–Crippen MR) is 80.6 cm³/mol. The van der Waals surface area contributed by atoms with Gasteiger partial charge in [-0.05, 0) is 36.4 Å². The van der Waals surface area contributed by atoms with Crippen molar-refractivity contribution >= 4 is 29.1 Å². The number of hydrogen-bond acceptors (Lipinski definition) is 2. The highest BCUT2D eigenvalue weighted by Crippen LogP contribution is 2.24. The van der Waals surface area contributed by atoms with E-state index in [2.05, 4.69) is 5.32 Å². The molecule has 0 saturated heterocycles. The molecule has 0 aromatic heterocycles. The summed E-state index contributed by atoms with van der Waals surface area (Å²) in [6.07, 6.45) is 0. The van der Waals surface area contributed by atoms with E-state index in [0.29, 0.717) is 26.9 Å². The molecular formula is C15H13Cl2NO2. The molecule has 20 heavy (non-hydrogen) atoms. The molecule has 0 aliphatic heterocycles. The zero-order chi connectivity index (χ0) is 14.5. The highest BCUT2D eigenvalue weighted by atomic mass is 35.5. The number of benzene rings is 2. The maximum Gasteiger partial charge on any atom is 0.251 e. The summed E-state index contributed by atoms with van der Waals surface area (Å²) in [4.78, 5) is 12.0. The Bertz CT molecular complexity index is 592. The summed E-state index contributed by atoms with van der Waals surface area (Å²) in [6, 6.07) is 12.1. The molecule has 2 rings (SSSR count). The van der Waals surface area contributed by atoms with Crippen LogP contribution in [0.25, 0.3) is 0 Å². The Morgan fingerprint density at radius 2 is 1.70 bits per heavy atom. The fraction of sp³-hybridized carbons (Fsp3) is 0.133. The van der Waals surface area contributed by atoms with Gasteiger partial charge in [0.15, 0.2) is 0 Å². The van der Waals surface area contributed by atoms with Crippen LogP contribution < -0.4 is 10.1 Å². The third-order valence-corrected chi connectivity index (χ3v) is 3.55. The van der Waals surface area contributed by atoms with E-state index < -0.39 is 0 Å². The Hall–Kier alpha value is -1.71. The van der Waals surface area contributed by atoms with Gasteiger partial charge in [0.25, 0.3) is 5.91 Å². The topological polar surface area (TPSA) is 38.3 Å². The highest BCUT2D eigenvalue weighted by molar-refractivity contribution is 6.36. The number of hydrogen-bond donors (Lipinski definition) is 1. The number of nitrogens with one attached hydrogen (secondary N) is 1. The van der Waals surface area contributed by atoms with Gasteiger partial charge < -0.3 is 10.1 Å². The van der Waals surface area contributed by atoms with Crippen molar-refractivity contribution in [2.24, 2.45) is 0 Å². The van der Waals surface area contributed by atoms with Crippen LogP contribution in [0.2, 0.25) is 10.0 Å². The van der Waals surface area contributed by atoms with Gasteiger partial charge in [-0.15, -0.1) is 0 Å². The zero-order valence-corrected chi connectivity index (χ0v) is 12.3. The van der Waals surface area contributed by atoms with E-state index in [-0.39, 0.29) is 12.5 Å². The van der Waals surface area contributed by atoms with Crippen molar-refractivity contribution in [1.29, 1.82) is 0 Å². The van der Waals surface area contributed by atoms with Crippen molar-refractivity contribution in [2.75, 3.05) is 7.11 Å². The number of methoxy groups -OCH3 is 1. The molecule has 2 aromatic carbocycles. The Morgan fingerprint density at radius 3 is 2.25 bits per heavy atom. The fourth-order valence-electron chi connectivity index (χ4n) is 1.71. The molecule has 0 fully saturated rings. The van der Waals surface area contributed by atoms with Crippen molar-refractivity contribution in [1.82, 2.24) is 5.32 Å². The zero-order valence-electron chi connectivity index (χ0n) is 10.8. The average Bonchev–Trinajstić information content (AvgIpc) is 2.46. The van der Waals surface area contributed by atoms with Crippen molar-refractivity contribution < 1.29 is 9.53 Å². The van der Waals surface area contributed by atoms with Gasteiger partial charge in [0.1, 0.15) is 5.75 Å². The predicted octanol–water partition coefficient (Wildman–Crippen LogP) is 3.93. The van der Waals surface area contributed by atoms with Crippen LogP contribution in [0.5, 0.6) is 5.75 Å². The molecule has 0 radical (unpaired) electrons. The number of rotatable bonds is 4. The molecule has 0 unspecified atom stereocenters. The molecule has 0 heterocycles. The Morgan fingerprint density at radius 1 is 1.10 bits per heavy atom. The average molecular weight is 310 g/mol. The van der Waals surface area contributed by atoms with Crippen LogP contribution in [0.1, 0.15) is 15.9 Å². The van der Waals surface area contributed by atoms with Gasteiger partial charge in [-0.2, -0.15) is 0 Å².